The summed E-state index contributed by atoms with van der Waals surface area (Å²) in [4.78, 5) is 15.1. The maximum Gasteiger partial charge on any atom is 0.337 e. The van der Waals surface area contributed by atoms with Crippen molar-refractivity contribution < 1.29 is 14.6 Å². The Balaban J connectivity index is 2.31. The van der Waals surface area contributed by atoms with Crippen LogP contribution >= 0.6 is 11.6 Å². The van der Waals surface area contributed by atoms with Crippen LogP contribution in [0.1, 0.15) is 15.9 Å². The van der Waals surface area contributed by atoms with Crippen molar-refractivity contribution in [1.82, 2.24) is 4.98 Å². The number of carboxylic acid groups (broad SMARTS) is 1. The van der Waals surface area contributed by atoms with Crippen molar-refractivity contribution in [2.75, 3.05) is 12.4 Å². The topological polar surface area (TPSA) is 71.5 Å². The molecule has 0 saturated carbocycles. The predicted octanol–water partition coefficient (Wildman–Crippen LogP) is 3.32. The summed E-state index contributed by atoms with van der Waals surface area (Å²) in [6.07, 6.45) is 1.31. The second-order valence-electron chi connectivity index (χ2n) is 4.07. The summed E-state index contributed by atoms with van der Waals surface area (Å²) >= 11 is 5.78. The van der Waals surface area contributed by atoms with E-state index in [4.69, 9.17) is 21.4 Å². The predicted molar refractivity (Wildman–Crippen MR) is 76.6 cm³/mol. The molecule has 2 N–H and O–H groups in total. The molecule has 0 fully saturated rings. The van der Waals surface area contributed by atoms with Crippen LogP contribution < -0.4 is 5.32 Å². The Morgan fingerprint density at radius 3 is 2.90 bits per heavy atom. The van der Waals surface area contributed by atoms with E-state index in [1.54, 1.807) is 7.11 Å². The Labute approximate surface area is 121 Å². The molecule has 6 heteroatoms. The average molecular weight is 293 g/mol. The Kier molecular flexibility index (Phi) is 4.55. The number of para-hydroxylation sites is 1. The second kappa shape index (κ2) is 6.36. The van der Waals surface area contributed by atoms with E-state index in [1.807, 2.05) is 24.3 Å². The highest BCUT2D eigenvalue weighted by atomic mass is 35.5. The molecule has 0 atom stereocenters. The fraction of sp³-hybridized carbons (Fsp3) is 0.143. The van der Waals surface area contributed by atoms with Gasteiger partial charge in [-0.3, -0.25) is 0 Å². The minimum atomic E-state index is -1.09. The van der Waals surface area contributed by atoms with Crippen LogP contribution in [0, 0.1) is 0 Å². The number of aromatic nitrogens is 1. The number of hydrogen-bond acceptors (Lipinski definition) is 4. The van der Waals surface area contributed by atoms with Gasteiger partial charge in [-0.25, -0.2) is 9.78 Å². The van der Waals surface area contributed by atoms with Gasteiger partial charge in [0.15, 0.2) is 0 Å². The summed E-state index contributed by atoms with van der Waals surface area (Å²) in [6.45, 7) is 0.447. The van der Waals surface area contributed by atoms with Crippen molar-refractivity contribution in [2.24, 2.45) is 0 Å². The number of aromatic carboxylic acids is 1. The molecule has 1 heterocycles. The number of nitrogens with zero attached hydrogens (tertiary/aromatic N) is 1. The molecule has 0 spiro atoms. The standard InChI is InChI=1S/C14H13ClN2O3/c1-20-8-9-4-2-3-5-12(9)17-13-6-10(14(18)19)11(15)7-16-13/h2-7H,8H2,1H3,(H,16,17)(H,18,19). The zero-order valence-electron chi connectivity index (χ0n) is 10.8. The first-order valence-electron chi connectivity index (χ1n) is 5.84. The molecule has 0 aliphatic carbocycles. The Bertz CT molecular complexity index is 632. The highest BCUT2D eigenvalue weighted by Crippen LogP contribution is 2.23. The van der Waals surface area contributed by atoms with E-state index in [2.05, 4.69) is 10.3 Å². The maximum absolute atomic E-state index is 11.0. The number of hydrogen-bond donors (Lipinski definition) is 2. The molecule has 1 aromatic heterocycles. The monoisotopic (exact) mass is 292 g/mol. The number of benzene rings is 1. The minimum Gasteiger partial charge on any atom is -0.478 e. The van der Waals surface area contributed by atoms with Gasteiger partial charge in [0, 0.05) is 24.6 Å². The van der Waals surface area contributed by atoms with Gasteiger partial charge in [-0.05, 0) is 12.1 Å². The van der Waals surface area contributed by atoms with Crippen LogP contribution in [0.15, 0.2) is 36.5 Å². The highest BCUT2D eigenvalue weighted by Gasteiger charge is 2.11. The van der Waals surface area contributed by atoms with Crippen molar-refractivity contribution in [3.8, 4) is 0 Å². The van der Waals surface area contributed by atoms with E-state index in [-0.39, 0.29) is 10.6 Å². The number of anilines is 2. The SMILES string of the molecule is COCc1ccccc1Nc1cc(C(=O)O)c(Cl)cn1. The van der Waals surface area contributed by atoms with Crippen LogP contribution in [0.2, 0.25) is 5.02 Å². The number of rotatable bonds is 5. The summed E-state index contributed by atoms with van der Waals surface area (Å²) in [5.41, 5.74) is 1.76. The molecule has 0 aliphatic heterocycles. The average Bonchev–Trinajstić information content (AvgIpc) is 2.43. The molecule has 1 aromatic carbocycles. The number of halogens is 1. The van der Waals surface area contributed by atoms with E-state index in [0.29, 0.717) is 12.4 Å². The first-order chi connectivity index (χ1) is 9.61. The lowest BCUT2D eigenvalue weighted by Crippen LogP contribution is -2.03. The van der Waals surface area contributed by atoms with E-state index < -0.39 is 5.97 Å². The molecule has 0 aliphatic rings. The molecule has 2 aromatic rings. The van der Waals surface area contributed by atoms with Gasteiger partial charge in [-0.15, -0.1) is 0 Å². The zero-order chi connectivity index (χ0) is 14.5. The van der Waals surface area contributed by atoms with Crippen molar-refractivity contribution in [1.29, 1.82) is 0 Å². The van der Waals surface area contributed by atoms with Crippen molar-refractivity contribution >= 4 is 29.1 Å². The van der Waals surface area contributed by atoms with E-state index in [9.17, 15) is 4.79 Å². The fourth-order valence-electron chi connectivity index (χ4n) is 1.73. The van der Waals surface area contributed by atoms with E-state index in [0.717, 1.165) is 11.3 Å². The number of carbonyl (C=O) groups is 1. The summed E-state index contributed by atoms with van der Waals surface area (Å²) in [5.74, 6) is -0.680. The normalized spacial score (nSPS) is 10.3. The molecule has 5 nitrogen and oxygen atoms in total. The quantitative estimate of drug-likeness (QED) is 0.884. The van der Waals surface area contributed by atoms with Crippen LogP contribution in [0.25, 0.3) is 0 Å². The van der Waals surface area contributed by atoms with Crippen LogP contribution in [-0.4, -0.2) is 23.2 Å². The molecule has 0 bridgehead atoms. The third-order valence-corrected chi connectivity index (χ3v) is 2.97. The number of pyridine rings is 1. The molecule has 104 valence electrons. The largest absolute Gasteiger partial charge is 0.478 e. The van der Waals surface area contributed by atoms with E-state index >= 15 is 0 Å². The fourth-order valence-corrected chi connectivity index (χ4v) is 1.92. The lowest BCUT2D eigenvalue weighted by molar-refractivity contribution is 0.0697. The van der Waals surface area contributed by atoms with Gasteiger partial charge in [0.05, 0.1) is 17.2 Å². The van der Waals surface area contributed by atoms with Crippen molar-refractivity contribution in [3.05, 3.63) is 52.7 Å². The number of ether oxygens (including phenoxy) is 1. The van der Waals surface area contributed by atoms with Gasteiger partial charge in [-0.1, -0.05) is 29.8 Å². The summed E-state index contributed by atoms with van der Waals surface area (Å²) in [7, 11) is 1.61. The molecule has 0 saturated heterocycles. The Hall–Kier alpha value is -2.11. The highest BCUT2D eigenvalue weighted by molar-refractivity contribution is 6.33. The van der Waals surface area contributed by atoms with Crippen LogP contribution in [0.4, 0.5) is 11.5 Å². The van der Waals surface area contributed by atoms with Crippen molar-refractivity contribution in [3.63, 3.8) is 0 Å². The maximum atomic E-state index is 11.0. The molecular weight excluding hydrogens is 280 g/mol. The number of nitrogens with one attached hydrogen (secondary N) is 1. The molecule has 2 rings (SSSR count). The van der Waals surface area contributed by atoms with Crippen molar-refractivity contribution in [2.45, 2.75) is 6.61 Å². The van der Waals surface area contributed by atoms with Gasteiger partial charge in [0.2, 0.25) is 0 Å². The summed E-state index contributed by atoms with van der Waals surface area (Å²) < 4.78 is 5.11. The van der Waals surface area contributed by atoms with Gasteiger partial charge in [-0.2, -0.15) is 0 Å². The van der Waals surface area contributed by atoms with Crippen LogP contribution in [-0.2, 0) is 11.3 Å². The lowest BCUT2D eigenvalue weighted by atomic mass is 10.2. The molecule has 20 heavy (non-hydrogen) atoms. The van der Waals surface area contributed by atoms with Crippen LogP contribution in [0.5, 0.6) is 0 Å². The summed E-state index contributed by atoms with van der Waals surface area (Å²) in [6, 6.07) is 8.95. The molecule has 0 radical (unpaired) electrons. The first-order valence-corrected chi connectivity index (χ1v) is 6.22. The van der Waals surface area contributed by atoms with Gasteiger partial charge in [0.25, 0.3) is 0 Å². The van der Waals surface area contributed by atoms with Gasteiger partial charge < -0.3 is 15.2 Å². The second-order valence-corrected chi connectivity index (χ2v) is 4.48. The molecule has 0 unspecified atom stereocenters. The van der Waals surface area contributed by atoms with Gasteiger partial charge in [0.1, 0.15) is 5.82 Å². The molecule has 0 amide bonds. The van der Waals surface area contributed by atoms with Crippen LogP contribution in [0.3, 0.4) is 0 Å². The Morgan fingerprint density at radius 1 is 1.45 bits per heavy atom. The Morgan fingerprint density at radius 2 is 2.20 bits per heavy atom. The summed E-state index contributed by atoms with van der Waals surface area (Å²) in [5, 5.41) is 12.2. The minimum absolute atomic E-state index is 0.00777. The number of methoxy groups -OCH3 is 1. The van der Waals surface area contributed by atoms with E-state index in [1.165, 1.54) is 12.3 Å². The van der Waals surface area contributed by atoms with Gasteiger partial charge >= 0.3 is 5.97 Å². The first kappa shape index (κ1) is 14.3. The third kappa shape index (κ3) is 3.26. The lowest BCUT2D eigenvalue weighted by Gasteiger charge is -2.11. The number of carboxylic acids is 1. The third-order valence-electron chi connectivity index (χ3n) is 2.67. The molecular formula is C14H13ClN2O3. The zero-order valence-corrected chi connectivity index (χ0v) is 11.5. The smallest absolute Gasteiger partial charge is 0.337 e.